The molecule has 0 aliphatic carbocycles. The fraction of sp³-hybridized carbons (Fsp3) is 0.143. The molecular weight excluding hydrogens is 450 g/mol. The Bertz CT molecular complexity index is 647. The predicted molar refractivity (Wildman–Crippen MR) is 92.6 cm³/mol. The van der Waals surface area contributed by atoms with Gasteiger partial charge in [-0.1, -0.05) is 29.3 Å². The van der Waals surface area contributed by atoms with Crippen molar-refractivity contribution in [3.63, 3.8) is 0 Å². The molecule has 0 heterocycles. The van der Waals surface area contributed by atoms with Gasteiger partial charge in [-0.15, -0.1) is 11.6 Å². The second-order valence-electron chi connectivity index (χ2n) is 4.05. The second-order valence-corrected chi connectivity index (χ2v) is 7.03. The van der Waals surface area contributed by atoms with Crippen LogP contribution in [0.4, 0.5) is 0 Å². The Hall–Kier alpha value is 0.0700. The third-order valence-corrected chi connectivity index (χ3v) is 5.28. The van der Waals surface area contributed by atoms with Crippen LogP contribution < -0.4 is 4.74 Å². The molecule has 0 aliphatic rings. The van der Waals surface area contributed by atoms with Crippen molar-refractivity contribution in [2.45, 2.75) is 5.38 Å². The lowest BCUT2D eigenvalue weighted by atomic mass is 10.0. The first-order chi connectivity index (χ1) is 9.43. The van der Waals surface area contributed by atoms with Crippen LogP contribution in [0.5, 0.6) is 5.75 Å². The van der Waals surface area contributed by atoms with E-state index >= 15 is 0 Å². The fourth-order valence-electron chi connectivity index (χ4n) is 1.83. The molecule has 2 aromatic rings. The number of benzene rings is 2. The summed E-state index contributed by atoms with van der Waals surface area (Å²) in [6.07, 6.45) is 0. The summed E-state index contributed by atoms with van der Waals surface area (Å²) < 4.78 is 6.98. The average molecular weight is 459 g/mol. The smallest absolute Gasteiger partial charge is 0.138 e. The van der Waals surface area contributed by atoms with Crippen molar-refractivity contribution in [2.75, 3.05) is 7.11 Å². The second kappa shape index (κ2) is 6.89. The lowest BCUT2D eigenvalue weighted by Gasteiger charge is -2.16. The first-order valence-electron chi connectivity index (χ1n) is 5.56. The summed E-state index contributed by atoms with van der Waals surface area (Å²) in [6.45, 7) is 0. The highest BCUT2D eigenvalue weighted by atomic mass is 79.9. The molecule has 0 saturated carbocycles. The van der Waals surface area contributed by atoms with Gasteiger partial charge in [-0.3, -0.25) is 0 Å². The Morgan fingerprint density at radius 1 is 1.05 bits per heavy atom. The molecular formula is C14H9Br2Cl3O. The van der Waals surface area contributed by atoms with Gasteiger partial charge < -0.3 is 4.74 Å². The van der Waals surface area contributed by atoms with Crippen LogP contribution in [0.3, 0.4) is 0 Å². The summed E-state index contributed by atoms with van der Waals surface area (Å²) in [6, 6.07) is 9.14. The van der Waals surface area contributed by atoms with Crippen LogP contribution in [0, 0.1) is 0 Å². The molecule has 1 nitrogen and oxygen atoms in total. The maximum Gasteiger partial charge on any atom is 0.138 e. The lowest BCUT2D eigenvalue weighted by molar-refractivity contribution is 0.407. The lowest BCUT2D eigenvalue weighted by Crippen LogP contribution is -1.99. The molecule has 20 heavy (non-hydrogen) atoms. The predicted octanol–water partition coefficient (Wildman–Crippen LogP) is 6.86. The van der Waals surface area contributed by atoms with E-state index in [-0.39, 0.29) is 0 Å². The molecule has 0 amide bonds. The number of rotatable bonds is 3. The minimum atomic E-state index is -0.412. The molecule has 1 unspecified atom stereocenters. The molecule has 0 aromatic heterocycles. The van der Waals surface area contributed by atoms with Crippen molar-refractivity contribution in [3.05, 3.63) is 60.4 Å². The van der Waals surface area contributed by atoms with E-state index in [1.54, 1.807) is 19.2 Å². The highest BCUT2D eigenvalue weighted by molar-refractivity contribution is 9.10. The standard InChI is InChI=1S/C14H9Br2Cl3O/c1-20-14-9(5-8(17)6-11(14)16)13(19)7-2-3-10(15)12(18)4-7/h2-6,13H,1H3. The molecule has 106 valence electrons. The van der Waals surface area contributed by atoms with E-state index in [9.17, 15) is 0 Å². The minimum Gasteiger partial charge on any atom is -0.495 e. The molecule has 2 aromatic carbocycles. The monoisotopic (exact) mass is 456 g/mol. The van der Waals surface area contributed by atoms with Gasteiger partial charge in [0.1, 0.15) is 5.75 Å². The quantitative estimate of drug-likeness (QED) is 0.456. The Morgan fingerprint density at radius 2 is 1.75 bits per heavy atom. The zero-order valence-corrected chi connectivity index (χ0v) is 15.7. The molecule has 0 N–H and O–H groups in total. The van der Waals surface area contributed by atoms with Crippen molar-refractivity contribution in [1.82, 2.24) is 0 Å². The Balaban J connectivity index is 2.52. The maximum atomic E-state index is 6.55. The zero-order chi connectivity index (χ0) is 14.9. The number of halogens is 5. The summed E-state index contributed by atoms with van der Waals surface area (Å²) in [5.41, 5.74) is 1.65. The van der Waals surface area contributed by atoms with Gasteiger partial charge in [0.2, 0.25) is 0 Å². The van der Waals surface area contributed by atoms with Crippen molar-refractivity contribution < 1.29 is 4.74 Å². The van der Waals surface area contributed by atoms with Gasteiger partial charge >= 0.3 is 0 Å². The van der Waals surface area contributed by atoms with Crippen LogP contribution in [-0.2, 0) is 0 Å². The average Bonchev–Trinajstić information content (AvgIpc) is 2.40. The van der Waals surface area contributed by atoms with E-state index in [4.69, 9.17) is 39.5 Å². The molecule has 1 atom stereocenters. The van der Waals surface area contributed by atoms with Crippen molar-refractivity contribution in [1.29, 1.82) is 0 Å². The van der Waals surface area contributed by atoms with Crippen LogP contribution in [0.2, 0.25) is 10.0 Å². The molecule has 0 spiro atoms. The number of hydrogen-bond donors (Lipinski definition) is 0. The van der Waals surface area contributed by atoms with Crippen LogP contribution >= 0.6 is 66.7 Å². The Kier molecular flexibility index (Phi) is 5.66. The van der Waals surface area contributed by atoms with E-state index < -0.39 is 5.38 Å². The van der Waals surface area contributed by atoms with Gasteiger partial charge in [0.05, 0.1) is 22.0 Å². The fourth-order valence-corrected chi connectivity index (χ4v) is 3.56. The van der Waals surface area contributed by atoms with Crippen LogP contribution in [0.15, 0.2) is 39.3 Å². The normalized spacial score (nSPS) is 12.3. The summed E-state index contributed by atoms with van der Waals surface area (Å²) in [5, 5.41) is 0.778. The molecule has 0 fully saturated rings. The summed E-state index contributed by atoms with van der Waals surface area (Å²) >= 11 is 25.5. The Labute approximate surface area is 149 Å². The molecule has 0 radical (unpaired) electrons. The topological polar surface area (TPSA) is 9.23 Å². The first kappa shape index (κ1) is 16.4. The SMILES string of the molecule is COc1c(Br)cc(Cl)cc1C(Cl)c1ccc(Br)c(Cl)c1. The van der Waals surface area contributed by atoms with Gasteiger partial charge in [-0.25, -0.2) is 0 Å². The summed E-state index contributed by atoms with van der Waals surface area (Å²) in [4.78, 5) is 0. The highest BCUT2D eigenvalue weighted by Crippen LogP contribution is 2.42. The Morgan fingerprint density at radius 3 is 2.35 bits per heavy atom. The summed E-state index contributed by atoms with van der Waals surface area (Å²) in [7, 11) is 1.59. The van der Waals surface area contributed by atoms with E-state index in [1.807, 2.05) is 18.2 Å². The number of ether oxygens (including phenoxy) is 1. The van der Waals surface area contributed by atoms with E-state index in [0.717, 1.165) is 20.1 Å². The van der Waals surface area contributed by atoms with Crippen molar-refractivity contribution in [3.8, 4) is 5.75 Å². The van der Waals surface area contributed by atoms with Crippen LogP contribution in [-0.4, -0.2) is 7.11 Å². The molecule has 0 saturated heterocycles. The van der Waals surface area contributed by atoms with Gasteiger partial charge in [0.15, 0.2) is 0 Å². The molecule has 0 aliphatic heterocycles. The molecule has 2 rings (SSSR count). The van der Waals surface area contributed by atoms with E-state index in [2.05, 4.69) is 31.9 Å². The van der Waals surface area contributed by atoms with Gasteiger partial charge in [-0.2, -0.15) is 0 Å². The zero-order valence-electron chi connectivity index (χ0n) is 10.3. The third kappa shape index (κ3) is 3.45. The van der Waals surface area contributed by atoms with E-state index in [1.165, 1.54) is 0 Å². The largest absolute Gasteiger partial charge is 0.495 e. The van der Waals surface area contributed by atoms with Gasteiger partial charge in [0.25, 0.3) is 0 Å². The molecule has 6 heteroatoms. The number of methoxy groups -OCH3 is 1. The first-order valence-corrected chi connectivity index (χ1v) is 8.33. The van der Waals surface area contributed by atoms with E-state index in [0.29, 0.717) is 15.8 Å². The van der Waals surface area contributed by atoms with Crippen molar-refractivity contribution in [2.24, 2.45) is 0 Å². The highest BCUT2D eigenvalue weighted by Gasteiger charge is 2.19. The summed E-state index contributed by atoms with van der Waals surface area (Å²) in [5.74, 6) is 0.661. The minimum absolute atomic E-state index is 0.412. The third-order valence-electron chi connectivity index (χ3n) is 2.75. The van der Waals surface area contributed by atoms with Gasteiger partial charge in [0, 0.05) is 15.1 Å². The van der Waals surface area contributed by atoms with Crippen LogP contribution in [0.25, 0.3) is 0 Å². The van der Waals surface area contributed by atoms with Gasteiger partial charge in [-0.05, 0) is 61.7 Å². The number of alkyl halides is 1. The number of hydrogen-bond acceptors (Lipinski definition) is 1. The maximum absolute atomic E-state index is 6.55. The van der Waals surface area contributed by atoms with Crippen LogP contribution in [0.1, 0.15) is 16.5 Å². The van der Waals surface area contributed by atoms with Crippen molar-refractivity contribution >= 4 is 66.7 Å². The molecule has 0 bridgehead atoms.